The Balaban J connectivity index is 2.17. The van der Waals surface area contributed by atoms with Gasteiger partial charge in [0.2, 0.25) is 10.0 Å². The zero-order valence-electron chi connectivity index (χ0n) is 10.9. The molecule has 0 atom stereocenters. The first-order chi connectivity index (χ1) is 9.38. The van der Waals surface area contributed by atoms with Crippen LogP contribution in [0.3, 0.4) is 0 Å². The van der Waals surface area contributed by atoms with Gasteiger partial charge < -0.3 is 5.73 Å². The Morgan fingerprint density at radius 1 is 1.15 bits per heavy atom. The Morgan fingerprint density at radius 2 is 1.80 bits per heavy atom. The minimum absolute atomic E-state index is 0.0835. The molecule has 106 valence electrons. The van der Waals surface area contributed by atoms with Crippen molar-refractivity contribution in [1.82, 2.24) is 4.72 Å². The van der Waals surface area contributed by atoms with E-state index in [4.69, 9.17) is 17.3 Å². The van der Waals surface area contributed by atoms with Crippen molar-refractivity contribution in [2.75, 3.05) is 5.73 Å². The topological polar surface area (TPSA) is 72.2 Å². The zero-order valence-corrected chi connectivity index (χ0v) is 12.5. The smallest absolute Gasteiger partial charge is 0.242 e. The van der Waals surface area contributed by atoms with E-state index < -0.39 is 10.0 Å². The Labute approximate surface area is 123 Å². The highest BCUT2D eigenvalue weighted by atomic mass is 35.5. The molecule has 2 rings (SSSR count). The van der Waals surface area contributed by atoms with Crippen LogP contribution in [0.5, 0.6) is 0 Å². The molecule has 0 aliphatic rings. The molecule has 0 heterocycles. The molecule has 20 heavy (non-hydrogen) atoms. The number of nitrogen functional groups attached to an aromatic ring is 1. The van der Waals surface area contributed by atoms with Crippen LogP contribution >= 0.6 is 11.6 Å². The summed E-state index contributed by atoms with van der Waals surface area (Å²) in [4.78, 5) is 0.0835. The standard InChI is InChI=1S/C14H15ClN2O2S/c1-10-2-7-14(13(15)8-10)20(18,19)17-9-11-3-5-12(16)6-4-11/h2-8,17H,9,16H2,1H3. The maximum Gasteiger partial charge on any atom is 0.242 e. The molecule has 0 bridgehead atoms. The highest BCUT2D eigenvalue weighted by Gasteiger charge is 2.17. The van der Waals surface area contributed by atoms with Gasteiger partial charge in [-0.3, -0.25) is 0 Å². The van der Waals surface area contributed by atoms with E-state index in [-0.39, 0.29) is 16.5 Å². The Bertz CT molecular complexity index is 712. The number of nitrogens with one attached hydrogen (secondary N) is 1. The monoisotopic (exact) mass is 310 g/mol. The van der Waals surface area contributed by atoms with E-state index in [1.807, 2.05) is 6.92 Å². The lowest BCUT2D eigenvalue weighted by Gasteiger charge is -2.09. The number of nitrogens with two attached hydrogens (primary N) is 1. The van der Waals surface area contributed by atoms with Crippen LogP contribution in [-0.2, 0) is 16.6 Å². The number of anilines is 1. The van der Waals surface area contributed by atoms with E-state index in [0.717, 1.165) is 11.1 Å². The summed E-state index contributed by atoms with van der Waals surface area (Å²) < 4.78 is 26.9. The quantitative estimate of drug-likeness (QED) is 0.853. The molecule has 3 N–H and O–H groups in total. The lowest BCUT2D eigenvalue weighted by molar-refractivity contribution is 0.581. The van der Waals surface area contributed by atoms with Crippen molar-refractivity contribution >= 4 is 27.3 Å². The summed E-state index contributed by atoms with van der Waals surface area (Å²) in [6, 6.07) is 11.8. The van der Waals surface area contributed by atoms with Gasteiger partial charge in [0, 0.05) is 12.2 Å². The third kappa shape index (κ3) is 3.50. The Hall–Kier alpha value is -1.56. The molecule has 0 radical (unpaired) electrons. The van der Waals surface area contributed by atoms with Crippen LogP contribution in [0, 0.1) is 6.92 Å². The first kappa shape index (κ1) is 14.8. The van der Waals surface area contributed by atoms with Crippen LogP contribution in [0.4, 0.5) is 5.69 Å². The van der Waals surface area contributed by atoms with Crippen molar-refractivity contribution < 1.29 is 8.42 Å². The molecule has 0 saturated carbocycles. The summed E-state index contributed by atoms with van der Waals surface area (Å²) in [5.74, 6) is 0. The van der Waals surface area contributed by atoms with Crippen molar-refractivity contribution in [3.05, 3.63) is 58.6 Å². The molecule has 0 unspecified atom stereocenters. The largest absolute Gasteiger partial charge is 0.399 e. The van der Waals surface area contributed by atoms with Gasteiger partial charge in [0.05, 0.1) is 5.02 Å². The third-order valence-corrected chi connectivity index (χ3v) is 4.71. The van der Waals surface area contributed by atoms with Crippen LogP contribution in [-0.4, -0.2) is 8.42 Å². The van der Waals surface area contributed by atoms with Crippen molar-refractivity contribution in [2.24, 2.45) is 0 Å². The fourth-order valence-electron chi connectivity index (χ4n) is 1.72. The average Bonchev–Trinajstić information content (AvgIpc) is 2.37. The summed E-state index contributed by atoms with van der Waals surface area (Å²) in [7, 11) is -3.63. The second-order valence-corrected chi connectivity index (χ2v) is 6.64. The van der Waals surface area contributed by atoms with E-state index in [1.165, 1.54) is 6.07 Å². The molecule has 0 saturated heterocycles. The van der Waals surface area contributed by atoms with E-state index >= 15 is 0 Å². The van der Waals surface area contributed by atoms with Crippen LogP contribution in [0.15, 0.2) is 47.4 Å². The maximum atomic E-state index is 12.2. The van der Waals surface area contributed by atoms with Gasteiger partial charge in [-0.1, -0.05) is 29.8 Å². The molecule has 0 amide bonds. The Kier molecular flexibility index (Phi) is 4.32. The van der Waals surface area contributed by atoms with Gasteiger partial charge in [-0.15, -0.1) is 0 Å². The van der Waals surface area contributed by atoms with Crippen LogP contribution in [0.25, 0.3) is 0 Å². The van der Waals surface area contributed by atoms with Gasteiger partial charge in [0.15, 0.2) is 0 Å². The fraction of sp³-hybridized carbons (Fsp3) is 0.143. The first-order valence-electron chi connectivity index (χ1n) is 5.99. The molecule has 2 aromatic rings. The van der Waals surface area contributed by atoms with Crippen LogP contribution < -0.4 is 10.5 Å². The fourth-order valence-corrected chi connectivity index (χ4v) is 3.33. The minimum atomic E-state index is -3.63. The second-order valence-electron chi connectivity index (χ2n) is 4.50. The molecule has 6 heteroatoms. The first-order valence-corrected chi connectivity index (χ1v) is 7.85. The average molecular weight is 311 g/mol. The van der Waals surface area contributed by atoms with E-state index in [1.54, 1.807) is 36.4 Å². The van der Waals surface area contributed by atoms with E-state index in [2.05, 4.69) is 4.72 Å². The van der Waals surface area contributed by atoms with E-state index in [0.29, 0.717) is 5.69 Å². The Morgan fingerprint density at radius 3 is 2.40 bits per heavy atom. The second kappa shape index (κ2) is 5.83. The molecule has 0 aliphatic heterocycles. The van der Waals surface area contributed by atoms with E-state index in [9.17, 15) is 8.42 Å². The van der Waals surface area contributed by atoms with Gasteiger partial charge in [-0.2, -0.15) is 0 Å². The van der Waals surface area contributed by atoms with Crippen LogP contribution in [0.2, 0.25) is 5.02 Å². The van der Waals surface area contributed by atoms with Gasteiger partial charge >= 0.3 is 0 Å². The molecule has 4 nitrogen and oxygen atoms in total. The number of halogens is 1. The lowest BCUT2D eigenvalue weighted by atomic mass is 10.2. The minimum Gasteiger partial charge on any atom is -0.399 e. The predicted octanol–water partition coefficient (Wildman–Crippen LogP) is 2.71. The molecule has 2 aromatic carbocycles. The summed E-state index contributed by atoms with van der Waals surface area (Å²) in [5.41, 5.74) is 7.95. The van der Waals surface area contributed by atoms with Crippen molar-refractivity contribution in [2.45, 2.75) is 18.4 Å². The number of sulfonamides is 1. The highest BCUT2D eigenvalue weighted by Crippen LogP contribution is 2.22. The van der Waals surface area contributed by atoms with Crippen molar-refractivity contribution in [3.8, 4) is 0 Å². The molecule has 0 aliphatic carbocycles. The summed E-state index contributed by atoms with van der Waals surface area (Å²) >= 11 is 5.98. The van der Waals surface area contributed by atoms with Crippen molar-refractivity contribution in [3.63, 3.8) is 0 Å². The number of rotatable bonds is 4. The maximum absolute atomic E-state index is 12.2. The highest BCUT2D eigenvalue weighted by molar-refractivity contribution is 7.89. The van der Waals surface area contributed by atoms with Gasteiger partial charge in [0.25, 0.3) is 0 Å². The molecule has 0 spiro atoms. The van der Waals surface area contributed by atoms with Gasteiger partial charge in [0.1, 0.15) is 4.90 Å². The number of benzene rings is 2. The number of hydrogen-bond donors (Lipinski definition) is 2. The van der Waals surface area contributed by atoms with Crippen LogP contribution in [0.1, 0.15) is 11.1 Å². The van der Waals surface area contributed by atoms with Gasteiger partial charge in [-0.25, -0.2) is 13.1 Å². The third-order valence-electron chi connectivity index (χ3n) is 2.82. The lowest BCUT2D eigenvalue weighted by Crippen LogP contribution is -2.23. The van der Waals surface area contributed by atoms with Crippen molar-refractivity contribution in [1.29, 1.82) is 0 Å². The molecular formula is C14H15ClN2O2S. The SMILES string of the molecule is Cc1ccc(S(=O)(=O)NCc2ccc(N)cc2)c(Cl)c1. The normalized spacial score (nSPS) is 11.5. The molecular weight excluding hydrogens is 296 g/mol. The summed E-state index contributed by atoms with van der Waals surface area (Å²) in [5, 5.41) is 0.217. The predicted molar refractivity (Wildman–Crippen MR) is 81.1 cm³/mol. The molecule has 0 fully saturated rings. The molecule has 0 aromatic heterocycles. The van der Waals surface area contributed by atoms with Gasteiger partial charge in [-0.05, 0) is 42.3 Å². The zero-order chi connectivity index (χ0) is 14.8. The summed E-state index contributed by atoms with van der Waals surface area (Å²) in [6.07, 6.45) is 0. The number of hydrogen-bond acceptors (Lipinski definition) is 3. The number of aryl methyl sites for hydroxylation is 1. The summed E-state index contributed by atoms with van der Waals surface area (Å²) in [6.45, 7) is 2.04.